The van der Waals surface area contributed by atoms with Gasteiger partial charge in [0.2, 0.25) is 0 Å². The molecule has 2 aliphatic rings. The van der Waals surface area contributed by atoms with E-state index in [1.807, 2.05) is 24.4 Å². The van der Waals surface area contributed by atoms with Gasteiger partial charge in [-0.1, -0.05) is 24.8 Å². The molecule has 1 aromatic carbocycles. The molecule has 1 atom stereocenters. The molecule has 0 aliphatic carbocycles. The summed E-state index contributed by atoms with van der Waals surface area (Å²) < 4.78 is 0. The van der Waals surface area contributed by atoms with Crippen LogP contribution in [-0.2, 0) is 0 Å². The lowest BCUT2D eigenvalue weighted by Gasteiger charge is -2.25. The minimum atomic E-state index is 0.195. The van der Waals surface area contributed by atoms with E-state index >= 15 is 0 Å². The van der Waals surface area contributed by atoms with E-state index in [9.17, 15) is 0 Å². The molecule has 0 radical (unpaired) electrons. The van der Waals surface area contributed by atoms with Crippen LogP contribution in [0.3, 0.4) is 0 Å². The number of benzene rings is 1. The van der Waals surface area contributed by atoms with Gasteiger partial charge in [0.1, 0.15) is 6.67 Å². The first-order valence-corrected chi connectivity index (χ1v) is 5.68. The summed E-state index contributed by atoms with van der Waals surface area (Å²) in [5.41, 5.74) is 4.71. The fourth-order valence-corrected chi connectivity index (χ4v) is 2.63. The number of aliphatic imine (C=N–C) groups is 1. The first-order chi connectivity index (χ1) is 8.24. The number of nitrogens with zero attached hydrogens (tertiary/aromatic N) is 3. The smallest absolute Gasteiger partial charge is 0.112 e. The maximum absolute atomic E-state index is 4.42. The summed E-state index contributed by atoms with van der Waals surface area (Å²) in [6, 6.07) is 6.53. The quantitative estimate of drug-likeness (QED) is 0.684. The molecule has 1 unspecified atom stereocenters. The first kappa shape index (κ1) is 10.1. The van der Waals surface area contributed by atoms with Crippen LogP contribution in [0.15, 0.2) is 42.4 Å². The van der Waals surface area contributed by atoms with Crippen molar-refractivity contribution >= 4 is 17.7 Å². The SMILES string of the molecule is C=CC1c2cccc3c2C(=C)N1CN=CN3C. The first-order valence-electron chi connectivity index (χ1n) is 5.68. The lowest BCUT2D eigenvalue weighted by Crippen LogP contribution is -2.23. The number of hydrogen-bond donors (Lipinski definition) is 0. The van der Waals surface area contributed by atoms with Gasteiger partial charge < -0.3 is 9.80 Å². The van der Waals surface area contributed by atoms with E-state index in [1.54, 1.807) is 0 Å². The standard InChI is InChI=1S/C14H15N3/c1-4-12-11-6-5-7-13-14(11)10(2)17(12)9-15-8-16(13)3/h4-8,12H,1-2,9H2,3H3. The largest absolute Gasteiger partial charge is 0.341 e. The Morgan fingerprint density at radius 3 is 3.06 bits per heavy atom. The Morgan fingerprint density at radius 2 is 2.29 bits per heavy atom. The van der Waals surface area contributed by atoms with Crippen LogP contribution in [0.4, 0.5) is 5.69 Å². The summed E-state index contributed by atoms with van der Waals surface area (Å²) in [6.45, 7) is 8.76. The highest BCUT2D eigenvalue weighted by atomic mass is 15.3. The molecule has 3 heteroatoms. The maximum atomic E-state index is 4.42. The lowest BCUT2D eigenvalue weighted by atomic mass is 10.0. The molecule has 0 spiro atoms. The van der Waals surface area contributed by atoms with Crippen LogP contribution in [-0.4, -0.2) is 25.0 Å². The number of hydrogen-bond acceptors (Lipinski definition) is 3. The van der Waals surface area contributed by atoms with Gasteiger partial charge in [-0.2, -0.15) is 0 Å². The molecular formula is C14H15N3. The molecule has 0 saturated carbocycles. The van der Waals surface area contributed by atoms with Gasteiger partial charge in [-0.25, -0.2) is 0 Å². The molecule has 17 heavy (non-hydrogen) atoms. The maximum Gasteiger partial charge on any atom is 0.112 e. The molecular weight excluding hydrogens is 210 g/mol. The Labute approximate surface area is 101 Å². The van der Waals surface area contributed by atoms with Crippen LogP contribution < -0.4 is 4.90 Å². The van der Waals surface area contributed by atoms with Crippen molar-refractivity contribution in [3.8, 4) is 0 Å². The Balaban J connectivity index is 2.31. The van der Waals surface area contributed by atoms with Crippen molar-refractivity contribution < 1.29 is 0 Å². The number of anilines is 1. The van der Waals surface area contributed by atoms with Gasteiger partial charge in [-0.15, -0.1) is 6.58 Å². The Kier molecular flexibility index (Phi) is 2.08. The zero-order valence-corrected chi connectivity index (χ0v) is 9.93. The molecule has 2 bridgehead atoms. The second-order valence-electron chi connectivity index (χ2n) is 4.39. The highest BCUT2D eigenvalue weighted by molar-refractivity contribution is 5.89. The molecule has 0 aromatic heterocycles. The second-order valence-corrected chi connectivity index (χ2v) is 4.39. The fourth-order valence-electron chi connectivity index (χ4n) is 2.63. The van der Waals surface area contributed by atoms with Crippen molar-refractivity contribution in [2.75, 3.05) is 18.6 Å². The normalized spacial score (nSPS) is 21.5. The molecule has 3 rings (SSSR count). The average molecular weight is 225 g/mol. The summed E-state index contributed by atoms with van der Waals surface area (Å²) in [5, 5.41) is 0. The van der Waals surface area contributed by atoms with Crippen LogP contribution in [0, 0.1) is 0 Å². The topological polar surface area (TPSA) is 18.8 Å². The van der Waals surface area contributed by atoms with Crippen molar-refractivity contribution in [3.63, 3.8) is 0 Å². The highest BCUT2D eigenvalue weighted by Gasteiger charge is 2.33. The van der Waals surface area contributed by atoms with Crippen molar-refractivity contribution in [2.24, 2.45) is 4.99 Å². The van der Waals surface area contributed by atoms with E-state index in [-0.39, 0.29) is 6.04 Å². The van der Waals surface area contributed by atoms with E-state index in [0.29, 0.717) is 6.67 Å². The van der Waals surface area contributed by atoms with Crippen LogP contribution in [0.2, 0.25) is 0 Å². The Morgan fingerprint density at radius 1 is 1.47 bits per heavy atom. The Hall–Kier alpha value is -2.03. The zero-order valence-electron chi connectivity index (χ0n) is 9.93. The third-order valence-electron chi connectivity index (χ3n) is 3.46. The van der Waals surface area contributed by atoms with Gasteiger partial charge >= 0.3 is 0 Å². The molecule has 1 aromatic rings. The summed E-state index contributed by atoms with van der Waals surface area (Å²) in [6.07, 6.45) is 3.83. The average Bonchev–Trinajstić information content (AvgIpc) is 2.62. The van der Waals surface area contributed by atoms with Crippen molar-refractivity contribution in [1.82, 2.24) is 4.90 Å². The highest BCUT2D eigenvalue weighted by Crippen LogP contribution is 2.45. The molecule has 0 amide bonds. The van der Waals surface area contributed by atoms with Crippen molar-refractivity contribution in [3.05, 3.63) is 48.6 Å². The summed E-state index contributed by atoms with van der Waals surface area (Å²) >= 11 is 0. The predicted molar refractivity (Wildman–Crippen MR) is 72.0 cm³/mol. The second kappa shape index (κ2) is 3.48. The Bertz CT molecular complexity index is 530. The third-order valence-corrected chi connectivity index (χ3v) is 3.46. The van der Waals surface area contributed by atoms with Gasteiger partial charge in [0, 0.05) is 18.3 Å². The lowest BCUT2D eigenvalue weighted by molar-refractivity contribution is 0.377. The van der Waals surface area contributed by atoms with E-state index in [0.717, 1.165) is 11.4 Å². The molecule has 2 aliphatic heterocycles. The number of rotatable bonds is 1. The summed E-state index contributed by atoms with van der Waals surface area (Å²) in [5.74, 6) is 0. The fraction of sp³-hybridized carbons (Fsp3) is 0.214. The minimum Gasteiger partial charge on any atom is -0.341 e. The van der Waals surface area contributed by atoms with E-state index in [1.165, 1.54) is 11.1 Å². The number of fused-ring (bicyclic) bond motifs is 1. The molecule has 2 heterocycles. The zero-order chi connectivity index (χ0) is 12.0. The molecule has 0 saturated heterocycles. The van der Waals surface area contributed by atoms with Crippen LogP contribution >= 0.6 is 0 Å². The van der Waals surface area contributed by atoms with Crippen molar-refractivity contribution in [2.45, 2.75) is 6.04 Å². The molecule has 3 nitrogen and oxygen atoms in total. The summed E-state index contributed by atoms with van der Waals surface area (Å²) in [4.78, 5) is 8.66. The molecule has 0 fully saturated rings. The van der Waals surface area contributed by atoms with Gasteiger partial charge in [-0.3, -0.25) is 4.99 Å². The van der Waals surface area contributed by atoms with E-state index in [4.69, 9.17) is 0 Å². The van der Waals surface area contributed by atoms with Gasteiger partial charge in [0.15, 0.2) is 0 Å². The van der Waals surface area contributed by atoms with Gasteiger partial charge in [0.25, 0.3) is 0 Å². The van der Waals surface area contributed by atoms with E-state index < -0.39 is 0 Å². The monoisotopic (exact) mass is 225 g/mol. The third kappa shape index (κ3) is 1.25. The van der Waals surface area contributed by atoms with Crippen LogP contribution in [0.25, 0.3) is 5.70 Å². The van der Waals surface area contributed by atoms with Gasteiger partial charge in [-0.05, 0) is 11.6 Å². The van der Waals surface area contributed by atoms with E-state index in [2.05, 4.69) is 41.2 Å². The van der Waals surface area contributed by atoms with Crippen LogP contribution in [0.5, 0.6) is 0 Å². The summed E-state index contributed by atoms with van der Waals surface area (Å²) in [7, 11) is 2.02. The minimum absolute atomic E-state index is 0.195. The molecule has 86 valence electrons. The molecule has 0 N–H and O–H groups in total. The van der Waals surface area contributed by atoms with Crippen LogP contribution in [0.1, 0.15) is 17.2 Å². The van der Waals surface area contributed by atoms with Crippen molar-refractivity contribution in [1.29, 1.82) is 0 Å². The van der Waals surface area contributed by atoms with Gasteiger partial charge in [0.05, 0.1) is 18.1 Å². The predicted octanol–water partition coefficient (Wildman–Crippen LogP) is 2.64.